The predicted octanol–water partition coefficient (Wildman–Crippen LogP) is 1.39. The minimum absolute atomic E-state index is 0.117. The Morgan fingerprint density at radius 3 is 2.85 bits per heavy atom. The fourth-order valence-electron chi connectivity index (χ4n) is 3.21. The maximum atomic E-state index is 12.6. The van der Waals surface area contributed by atoms with Crippen LogP contribution in [-0.2, 0) is 13.1 Å². The van der Waals surface area contributed by atoms with Gasteiger partial charge in [0.1, 0.15) is 11.5 Å². The molecule has 0 saturated carbocycles. The van der Waals surface area contributed by atoms with Gasteiger partial charge in [-0.15, -0.1) is 0 Å². The summed E-state index contributed by atoms with van der Waals surface area (Å²) in [5.41, 5.74) is 2.63. The van der Waals surface area contributed by atoms with Gasteiger partial charge in [0.15, 0.2) is 5.69 Å². The fourth-order valence-corrected chi connectivity index (χ4v) is 3.21. The third-order valence-corrected chi connectivity index (χ3v) is 4.74. The van der Waals surface area contributed by atoms with Crippen LogP contribution in [0.5, 0.6) is 0 Å². The van der Waals surface area contributed by atoms with Gasteiger partial charge in [0, 0.05) is 38.6 Å². The van der Waals surface area contributed by atoms with Gasteiger partial charge in [-0.05, 0) is 18.6 Å². The second kappa shape index (κ2) is 6.71. The smallest absolute Gasteiger partial charge is 0.272 e. The van der Waals surface area contributed by atoms with Crippen LogP contribution in [0.2, 0.25) is 0 Å². The summed E-state index contributed by atoms with van der Waals surface area (Å²) in [4.78, 5) is 30.6. The highest BCUT2D eigenvalue weighted by Gasteiger charge is 2.25. The Kier molecular flexibility index (Phi) is 4.23. The number of likely N-dealkylation sites (N-methyl/N-ethyl adjacent to an activating group) is 1. The highest BCUT2D eigenvalue weighted by atomic mass is 16.2. The van der Waals surface area contributed by atoms with Crippen molar-refractivity contribution in [2.75, 3.05) is 13.6 Å². The highest BCUT2D eigenvalue weighted by molar-refractivity contribution is 5.98. The lowest BCUT2D eigenvalue weighted by Gasteiger charge is -2.22. The molecule has 0 unspecified atom stereocenters. The zero-order chi connectivity index (χ0) is 19.0. The summed E-state index contributed by atoms with van der Waals surface area (Å²) in [7, 11) is 1.74. The van der Waals surface area contributed by atoms with E-state index in [0.717, 1.165) is 17.1 Å². The Bertz CT molecular complexity index is 1020. The Morgan fingerprint density at radius 1 is 1.26 bits per heavy atom. The minimum atomic E-state index is -0.301. The van der Waals surface area contributed by atoms with Crippen LogP contribution in [0.4, 0.5) is 0 Å². The number of hydrogen-bond acceptors (Lipinski definition) is 4. The Hall–Kier alpha value is -3.42. The molecule has 0 saturated heterocycles. The molecule has 0 radical (unpaired) electrons. The van der Waals surface area contributed by atoms with Crippen molar-refractivity contribution in [3.8, 4) is 5.69 Å². The molecule has 1 N–H and O–H groups in total. The number of imidazole rings is 1. The molecule has 138 valence electrons. The third kappa shape index (κ3) is 3.10. The predicted molar refractivity (Wildman–Crippen MR) is 98.7 cm³/mol. The second-order valence-electron chi connectivity index (χ2n) is 6.52. The SMILES string of the molecule is Cc1nccn1-c1ccccc1CNC(=O)c1cc2n(n1)CCN(C)C2=O. The van der Waals surface area contributed by atoms with Crippen molar-refractivity contribution in [2.45, 2.75) is 20.0 Å². The summed E-state index contributed by atoms with van der Waals surface area (Å²) in [6.45, 7) is 3.46. The van der Waals surface area contributed by atoms with Crippen molar-refractivity contribution in [1.82, 2.24) is 29.5 Å². The Labute approximate surface area is 156 Å². The molecule has 0 fully saturated rings. The number of aromatic nitrogens is 4. The van der Waals surface area contributed by atoms with Gasteiger partial charge in [-0.3, -0.25) is 14.3 Å². The molecule has 3 heterocycles. The molecular weight excluding hydrogens is 344 g/mol. The monoisotopic (exact) mass is 364 g/mol. The van der Waals surface area contributed by atoms with Crippen LogP contribution in [0.1, 0.15) is 32.4 Å². The van der Waals surface area contributed by atoms with Crippen LogP contribution in [0.3, 0.4) is 0 Å². The van der Waals surface area contributed by atoms with E-state index < -0.39 is 0 Å². The molecule has 0 spiro atoms. The first-order valence-corrected chi connectivity index (χ1v) is 8.74. The molecule has 2 amide bonds. The van der Waals surface area contributed by atoms with Crippen LogP contribution < -0.4 is 5.32 Å². The van der Waals surface area contributed by atoms with Crippen molar-refractivity contribution in [2.24, 2.45) is 0 Å². The van der Waals surface area contributed by atoms with Crippen LogP contribution in [0.25, 0.3) is 5.69 Å². The van der Waals surface area contributed by atoms with Crippen LogP contribution >= 0.6 is 0 Å². The van der Waals surface area contributed by atoms with Crippen molar-refractivity contribution in [1.29, 1.82) is 0 Å². The van der Waals surface area contributed by atoms with Gasteiger partial charge in [0.2, 0.25) is 0 Å². The highest BCUT2D eigenvalue weighted by Crippen LogP contribution is 2.17. The number of amides is 2. The van der Waals surface area contributed by atoms with Gasteiger partial charge < -0.3 is 14.8 Å². The lowest BCUT2D eigenvalue weighted by molar-refractivity contribution is 0.0742. The lowest BCUT2D eigenvalue weighted by Crippen LogP contribution is -2.37. The zero-order valence-electron chi connectivity index (χ0n) is 15.2. The maximum absolute atomic E-state index is 12.6. The molecule has 4 rings (SSSR count). The number of carbonyl (C=O) groups excluding carboxylic acids is 2. The molecule has 1 aromatic carbocycles. The molecule has 8 heteroatoms. The molecule has 1 aliphatic heterocycles. The number of hydrogen-bond donors (Lipinski definition) is 1. The molecule has 27 heavy (non-hydrogen) atoms. The van der Waals surface area contributed by atoms with E-state index in [9.17, 15) is 9.59 Å². The van der Waals surface area contributed by atoms with Crippen molar-refractivity contribution in [3.05, 3.63) is 65.5 Å². The molecule has 0 atom stereocenters. The van der Waals surface area contributed by atoms with Crippen molar-refractivity contribution >= 4 is 11.8 Å². The fraction of sp³-hybridized carbons (Fsp3) is 0.263. The summed E-state index contributed by atoms with van der Waals surface area (Å²) in [6, 6.07) is 9.39. The van der Waals surface area contributed by atoms with E-state index >= 15 is 0 Å². The average molecular weight is 364 g/mol. The number of rotatable bonds is 4. The number of nitrogens with one attached hydrogen (secondary N) is 1. The number of nitrogens with zero attached hydrogens (tertiary/aromatic N) is 5. The zero-order valence-corrected chi connectivity index (χ0v) is 15.2. The van der Waals surface area contributed by atoms with Gasteiger partial charge >= 0.3 is 0 Å². The summed E-state index contributed by atoms with van der Waals surface area (Å²) >= 11 is 0. The minimum Gasteiger partial charge on any atom is -0.346 e. The van der Waals surface area contributed by atoms with Gasteiger partial charge in [-0.2, -0.15) is 5.10 Å². The van der Waals surface area contributed by atoms with E-state index in [0.29, 0.717) is 25.3 Å². The first-order valence-electron chi connectivity index (χ1n) is 8.74. The summed E-state index contributed by atoms with van der Waals surface area (Å²) < 4.78 is 3.57. The number of carbonyl (C=O) groups is 2. The lowest BCUT2D eigenvalue weighted by atomic mass is 10.1. The number of para-hydroxylation sites is 1. The third-order valence-electron chi connectivity index (χ3n) is 4.74. The second-order valence-corrected chi connectivity index (χ2v) is 6.52. The van der Waals surface area contributed by atoms with Gasteiger partial charge in [-0.1, -0.05) is 18.2 Å². The van der Waals surface area contributed by atoms with Crippen LogP contribution in [0, 0.1) is 6.92 Å². The summed E-state index contributed by atoms with van der Waals surface area (Å²) in [5, 5.41) is 7.18. The van der Waals surface area contributed by atoms with E-state index in [4.69, 9.17) is 0 Å². The number of fused-ring (bicyclic) bond motifs is 1. The van der Waals surface area contributed by atoms with E-state index in [-0.39, 0.29) is 17.5 Å². The summed E-state index contributed by atoms with van der Waals surface area (Å²) in [5.74, 6) is 0.455. The van der Waals surface area contributed by atoms with Crippen molar-refractivity contribution < 1.29 is 9.59 Å². The largest absolute Gasteiger partial charge is 0.346 e. The topological polar surface area (TPSA) is 85.1 Å². The van der Waals surface area contributed by atoms with E-state index in [2.05, 4.69) is 15.4 Å². The summed E-state index contributed by atoms with van der Waals surface area (Å²) in [6.07, 6.45) is 3.63. The molecule has 8 nitrogen and oxygen atoms in total. The Balaban J connectivity index is 1.52. The first-order chi connectivity index (χ1) is 13.0. The molecule has 1 aliphatic rings. The molecule has 0 bridgehead atoms. The normalized spacial score (nSPS) is 13.6. The quantitative estimate of drug-likeness (QED) is 0.758. The van der Waals surface area contributed by atoms with Crippen molar-refractivity contribution in [3.63, 3.8) is 0 Å². The standard InChI is InChI=1S/C19H20N6O2/c1-13-20-7-8-24(13)16-6-4-3-5-14(16)12-21-18(26)15-11-17-19(27)23(2)9-10-25(17)22-15/h3-8,11H,9-10,12H2,1-2H3,(H,21,26). The molecule has 3 aromatic rings. The first kappa shape index (κ1) is 17.0. The van der Waals surface area contributed by atoms with E-state index in [1.165, 1.54) is 0 Å². The molecule has 2 aromatic heterocycles. The van der Waals surface area contributed by atoms with Crippen LogP contribution in [-0.4, -0.2) is 49.6 Å². The van der Waals surface area contributed by atoms with Gasteiger partial charge in [0.25, 0.3) is 11.8 Å². The van der Waals surface area contributed by atoms with Crippen LogP contribution in [0.15, 0.2) is 42.7 Å². The molecule has 0 aliphatic carbocycles. The number of aryl methyl sites for hydroxylation is 1. The molecular formula is C19H20N6O2. The van der Waals surface area contributed by atoms with Gasteiger partial charge in [-0.25, -0.2) is 4.98 Å². The average Bonchev–Trinajstić information content (AvgIpc) is 3.30. The van der Waals surface area contributed by atoms with E-state index in [1.54, 1.807) is 28.9 Å². The van der Waals surface area contributed by atoms with Gasteiger partial charge in [0.05, 0.1) is 12.2 Å². The maximum Gasteiger partial charge on any atom is 0.272 e. The Morgan fingerprint density at radius 2 is 2.07 bits per heavy atom. The van der Waals surface area contributed by atoms with E-state index in [1.807, 2.05) is 42.0 Å². The number of benzene rings is 1.